The van der Waals surface area contributed by atoms with Gasteiger partial charge in [-0.2, -0.15) is 0 Å². The predicted molar refractivity (Wildman–Crippen MR) is 115 cm³/mol. The molecule has 1 aliphatic rings. The van der Waals surface area contributed by atoms with Crippen molar-refractivity contribution < 1.29 is 14.6 Å². The summed E-state index contributed by atoms with van der Waals surface area (Å²) in [5, 5.41) is 16.5. The van der Waals surface area contributed by atoms with E-state index in [0.29, 0.717) is 13.2 Å². The largest absolute Gasteiger partial charge is 0.489 e. The first kappa shape index (κ1) is 20.9. The van der Waals surface area contributed by atoms with Crippen LogP contribution < -0.4 is 4.74 Å². The maximum atomic E-state index is 11.2. The summed E-state index contributed by atoms with van der Waals surface area (Å²) in [6.45, 7) is 3.21. The third-order valence-electron chi connectivity index (χ3n) is 5.65. The number of nitrogens with zero attached hydrogens (tertiary/aromatic N) is 1. The van der Waals surface area contributed by atoms with Gasteiger partial charge in [-0.25, -0.2) is 0 Å². The van der Waals surface area contributed by atoms with E-state index in [1.807, 2.05) is 24.3 Å². The number of rotatable bonds is 9. The van der Waals surface area contributed by atoms with Crippen LogP contribution in [0.15, 0.2) is 36.4 Å². The molecule has 1 unspecified atom stereocenters. The molecule has 0 radical (unpaired) electrons. The predicted octanol–water partition coefficient (Wildman–Crippen LogP) is 4.55. The smallest absolute Gasteiger partial charge is 0.304 e. The molecule has 0 saturated carbocycles. The summed E-state index contributed by atoms with van der Waals surface area (Å²) in [6.07, 6.45) is 6.15. The molecule has 2 aromatic rings. The van der Waals surface area contributed by atoms with Crippen LogP contribution >= 0.6 is 0 Å². The molecule has 5 heteroatoms. The van der Waals surface area contributed by atoms with Crippen molar-refractivity contribution in [1.82, 2.24) is 4.90 Å². The van der Waals surface area contributed by atoms with Gasteiger partial charge < -0.3 is 14.7 Å². The maximum absolute atomic E-state index is 11.2. The molecule has 3 rings (SSSR count). The lowest BCUT2D eigenvalue weighted by atomic mass is 9.87. The molecule has 0 spiro atoms. The molecule has 0 bridgehead atoms. The van der Waals surface area contributed by atoms with Gasteiger partial charge >= 0.3 is 5.97 Å². The van der Waals surface area contributed by atoms with Crippen molar-refractivity contribution in [2.75, 3.05) is 13.6 Å². The van der Waals surface area contributed by atoms with Crippen molar-refractivity contribution >= 4 is 12.3 Å². The number of likely N-dealkylation sites (N-methyl/N-ethyl adjacent to an activating group) is 1. The van der Waals surface area contributed by atoms with Crippen molar-refractivity contribution in [3.8, 4) is 5.75 Å². The van der Waals surface area contributed by atoms with E-state index >= 15 is 0 Å². The number of hydrogen-bond acceptors (Lipinski definition) is 3. The highest BCUT2D eigenvalue weighted by molar-refractivity contribution is 5.68. The first-order valence-corrected chi connectivity index (χ1v) is 10.2. The van der Waals surface area contributed by atoms with Gasteiger partial charge in [0.25, 0.3) is 0 Å². The summed E-state index contributed by atoms with van der Waals surface area (Å²) in [6, 6.07) is 12.2. The molecule has 0 aliphatic heterocycles. The zero-order valence-electron chi connectivity index (χ0n) is 17.3. The summed E-state index contributed by atoms with van der Waals surface area (Å²) < 4.78 is 5.99. The van der Waals surface area contributed by atoms with Gasteiger partial charge in [-0.05, 0) is 72.6 Å². The first-order valence-electron chi connectivity index (χ1n) is 10.2. The van der Waals surface area contributed by atoms with E-state index in [2.05, 4.69) is 19.1 Å². The molecule has 0 aromatic heterocycles. The van der Waals surface area contributed by atoms with E-state index in [-0.39, 0.29) is 12.3 Å². The van der Waals surface area contributed by atoms with E-state index < -0.39 is 5.97 Å². The third-order valence-corrected chi connectivity index (χ3v) is 5.65. The monoisotopic (exact) mass is 394 g/mol. The van der Waals surface area contributed by atoms with Gasteiger partial charge in [-0.3, -0.25) is 10.2 Å². The minimum Gasteiger partial charge on any atom is -0.489 e. The van der Waals surface area contributed by atoms with E-state index in [0.717, 1.165) is 17.7 Å². The van der Waals surface area contributed by atoms with Crippen molar-refractivity contribution in [3.63, 3.8) is 0 Å². The van der Waals surface area contributed by atoms with Crippen molar-refractivity contribution in [1.29, 1.82) is 5.41 Å². The zero-order valence-corrected chi connectivity index (χ0v) is 17.3. The summed E-state index contributed by atoms with van der Waals surface area (Å²) in [5.41, 5.74) is 6.49. The number of hydrogen-bond donors (Lipinski definition) is 2. The van der Waals surface area contributed by atoms with Gasteiger partial charge in [0, 0.05) is 19.5 Å². The molecule has 1 atom stereocenters. The number of ether oxygens (including phenoxy) is 1. The molecule has 29 heavy (non-hydrogen) atoms. The number of aryl methyl sites for hydroxylation is 2. The molecule has 2 N–H and O–H groups in total. The van der Waals surface area contributed by atoms with Gasteiger partial charge in [0.2, 0.25) is 0 Å². The number of carboxylic acids is 1. The fraction of sp³-hybridized carbons (Fsp3) is 0.417. The fourth-order valence-electron chi connectivity index (χ4n) is 4.15. The lowest BCUT2D eigenvalue weighted by Gasteiger charge is -2.21. The molecule has 0 heterocycles. The Kier molecular flexibility index (Phi) is 6.91. The average Bonchev–Trinajstić information content (AvgIpc) is 2.72. The normalized spacial score (nSPS) is 14.0. The summed E-state index contributed by atoms with van der Waals surface area (Å²) >= 11 is 0. The lowest BCUT2D eigenvalue weighted by Crippen LogP contribution is -2.24. The van der Waals surface area contributed by atoms with E-state index in [1.165, 1.54) is 47.9 Å². The van der Waals surface area contributed by atoms with Crippen LogP contribution in [0.3, 0.4) is 0 Å². The minimum absolute atomic E-state index is 0.0345. The van der Waals surface area contributed by atoms with Crippen LogP contribution in [-0.4, -0.2) is 35.9 Å². The molecule has 0 fully saturated rings. The number of carboxylic acid groups (broad SMARTS) is 1. The Morgan fingerprint density at radius 1 is 1.24 bits per heavy atom. The van der Waals surface area contributed by atoms with Gasteiger partial charge in [0.1, 0.15) is 12.4 Å². The number of aliphatic carboxylic acids is 1. The Hall–Kier alpha value is -2.82. The van der Waals surface area contributed by atoms with Crippen molar-refractivity contribution in [3.05, 3.63) is 64.2 Å². The molecule has 5 nitrogen and oxygen atoms in total. The Labute approximate surface area is 172 Å². The van der Waals surface area contributed by atoms with Crippen LogP contribution in [-0.2, 0) is 24.2 Å². The molecule has 0 amide bonds. The maximum Gasteiger partial charge on any atom is 0.304 e. The highest BCUT2D eigenvalue weighted by Crippen LogP contribution is 2.27. The second-order valence-corrected chi connectivity index (χ2v) is 7.98. The van der Waals surface area contributed by atoms with Crippen LogP contribution in [0.4, 0.5) is 0 Å². The van der Waals surface area contributed by atoms with Crippen LogP contribution in [0.1, 0.15) is 53.0 Å². The van der Waals surface area contributed by atoms with Gasteiger partial charge in [0.15, 0.2) is 0 Å². The molecule has 2 aromatic carbocycles. The van der Waals surface area contributed by atoms with Gasteiger partial charge in [0.05, 0.1) is 12.8 Å². The zero-order chi connectivity index (χ0) is 20.8. The molecule has 154 valence electrons. The molecule has 1 aliphatic carbocycles. The SMILES string of the molecule is Cc1cc(COc2ccc(C(CC(=O)O)CN(C)C=N)cc2)cc2c1CCCC2. The lowest BCUT2D eigenvalue weighted by molar-refractivity contribution is -0.137. The highest BCUT2D eigenvalue weighted by Gasteiger charge is 2.17. The van der Waals surface area contributed by atoms with Crippen molar-refractivity contribution in [2.45, 2.75) is 51.6 Å². The molecular formula is C24H30N2O3. The standard InChI is InChI=1S/C24H30N2O3/c1-17-11-18(12-20-5-3-4-6-23(17)20)15-29-22-9-7-19(8-10-22)21(13-24(27)28)14-26(2)16-25/h7-12,16,21,25H,3-6,13-15H2,1-2H3,(H,27,28). The summed E-state index contributed by atoms with van der Waals surface area (Å²) in [7, 11) is 1.78. The second kappa shape index (κ2) is 9.59. The number of benzene rings is 2. The molecular weight excluding hydrogens is 364 g/mol. The first-order chi connectivity index (χ1) is 14.0. The van der Waals surface area contributed by atoms with Crippen LogP contribution in [0, 0.1) is 12.3 Å². The van der Waals surface area contributed by atoms with Crippen LogP contribution in [0.5, 0.6) is 5.75 Å². The molecule has 0 saturated heterocycles. The van der Waals surface area contributed by atoms with Crippen LogP contribution in [0.25, 0.3) is 0 Å². The Morgan fingerprint density at radius 2 is 1.97 bits per heavy atom. The van der Waals surface area contributed by atoms with E-state index in [9.17, 15) is 9.90 Å². The second-order valence-electron chi connectivity index (χ2n) is 7.98. The Bertz CT molecular complexity index is 861. The average molecular weight is 395 g/mol. The number of nitrogens with one attached hydrogen (secondary N) is 1. The number of carbonyl (C=O) groups is 1. The Balaban J connectivity index is 1.66. The van der Waals surface area contributed by atoms with Crippen molar-refractivity contribution in [2.24, 2.45) is 0 Å². The fourth-order valence-corrected chi connectivity index (χ4v) is 4.15. The highest BCUT2D eigenvalue weighted by atomic mass is 16.5. The quantitative estimate of drug-likeness (QED) is 0.483. The third kappa shape index (κ3) is 5.59. The summed E-state index contributed by atoms with van der Waals surface area (Å²) in [5.74, 6) is -0.230. The van der Waals surface area contributed by atoms with E-state index in [4.69, 9.17) is 10.1 Å². The Morgan fingerprint density at radius 3 is 2.66 bits per heavy atom. The van der Waals surface area contributed by atoms with E-state index in [1.54, 1.807) is 11.9 Å². The topological polar surface area (TPSA) is 73.6 Å². The number of fused-ring (bicyclic) bond motifs is 1. The van der Waals surface area contributed by atoms with Gasteiger partial charge in [-0.15, -0.1) is 0 Å². The van der Waals surface area contributed by atoms with Gasteiger partial charge in [-0.1, -0.05) is 24.3 Å². The summed E-state index contributed by atoms with van der Waals surface area (Å²) in [4.78, 5) is 12.9. The van der Waals surface area contributed by atoms with Crippen LogP contribution in [0.2, 0.25) is 0 Å². The minimum atomic E-state index is -0.837.